The first-order valence-corrected chi connectivity index (χ1v) is 9.64. The minimum atomic E-state index is -0.291. The quantitative estimate of drug-likeness (QED) is 0.632. The van der Waals surface area contributed by atoms with Gasteiger partial charge in [-0.25, -0.2) is 0 Å². The van der Waals surface area contributed by atoms with E-state index in [-0.39, 0.29) is 10.6 Å². The Morgan fingerprint density at radius 3 is 2.44 bits per heavy atom. The lowest BCUT2D eigenvalue weighted by atomic mass is 9.76. The molecule has 5 heteroatoms. The van der Waals surface area contributed by atoms with Gasteiger partial charge >= 0.3 is 0 Å². The third kappa shape index (κ3) is 4.14. The second-order valence-electron chi connectivity index (χ2n) is 8.36. The van der Waals surface area contributed by atoms with Gasteiger partial charge in [-0.05, 0) is 69.9 Å². The lowest BCUT2D eigenvalue weighted by molar-refractivity contribution is -0.384. The summed E-state index contributed by atoms with van der Waals surface area (Å²) in [6, 6.07) is 5.63. The third-order valence-electron chi connectivity index (χ3n) is 6.32. The van der Waals surface area contributed by atoms with Crippen molar-refractivity contribution in [1.29, 1.82) is 0 Å². The molecule has 1 aliphatic heterocycles. The Labute approximate surface area is 150 Å². The lowest BCUT2D eigenvalue weighted by Crippen LogP contribution is -2.53. The second-order valence-corrected chi connectivity index (χ2v) is 8.36. The van der Waals surface area contributed by atoms with Crippen molar-refractivity contribution >= 4 is 11.4 Å². The fourth-order valence-corrected chi connectivity index (χ4v) is 4.41. The van der Waals surface area contributed by atoms with E-state index in [1.165, 1.54) is 25.7 Å². The van der Waals surface area contributed by atoms with E-state index < -0.39 is 0 Å². The molecule has 0 amide bonds. The zero-order valence-electron chi connectivity index (χ0n) is 15.8. The average Bonchev–Trinajstić information content (AvgIpc) is 2.58. The number of aryl methyl sites for hydroxylation is 1. The molecule has 0 aromatic heterocycles. The van der Waals surface area contributed by atoms with Crippen LogP contribution in [-0.2, 0) is 0 Å². The Balaban J connectivity index is 1.60. The minimum absolute atomic E-state index is 0.182. The molecule has 3 rings (SSSR count). The van der Waals surface area contributed by atoms with E-state index in [0.717, 1.165) is 37.4 Å². The molecule has 0 spiro atoms. The standard InChI is InChI=1S/C20H31N3O2/c1-15-6-10-20(3,11-7-15)22-12-8-17(9-13-22)21-18-14-16(2)4-5-19(18)23(24)25/h4-5,14-15,17,21H,6-13H2,1-3H3/t15-,20-. The molecule has 1 aromatic rings. The summed E-state index contributed by atoms with van der Waals surface area (Å²) < 4.78 is 0. The molecule has 1 aliphatic carbocycles. The van der Waals surface area contributed by atoms with Gasteiger partial charge < -0.3 is 5.32 Å². The first-order chi connectivity index (χ1) is 11.9. The fourth-order valence-electron chi connectivity index (χ4n) is 4.41. The third-order valence-corrected chi connectivity index (χ3v) is 6.32. The highest BCUT2D eigenvalue weighted by Crippen LogP contribution is 2.38. The predicted molar refractivity (Wildman–Crippen MR) is 102 cm³/mol. The molecule has 0 bridgehead atoms. The molecule has 1 saturated heterocycles. The van der Waals surface area contributed by atoms with Gasteiger partial charge in [0.05, 0.1) is 4.92 Å². The van der Waals surface area contributed by atoms with E-state index in [0.29, 0.717) is 17.3 Å². The van der Waals surface area contributed by atoms with Crippen LogP contribution in [0.2, 0.25) is 0 Å². The van der Waals surface area contributed by atoms with Crippen LogP contribution < -0.4 is 5.32 Å². The molecule has 1 heterocycles. The maximum Gasteiger partial charge on any atom is 0.292 e. The number of piperidine rings is 1. The summed E-state index contributed by atoms with van der Waals surface area (Å²) in [5.74, 6) is 0.870. The summed E-state index contributed by atoms with van der Waals surface area (Å²) >= 11 is 0. The Bertz CT molecular complexity index is 615. The topological polar surface area (TPSA) is 58.4 Å². The summed E-state index contributed by atoms with van der Waals surface area (Å²) in [4.78, 5) is 13.6. The molecular formula is C20H31N3O2. The highest BCUT2D eigenvalue weighted by atomic mass is 16.6. The number of nitro benzene ring substituents is 1. The molecule has 0 atom stereocenters. The van der Waals surface area contributed by atoms with Crippen LogP contribution in [-0.4, -0.2) is 34.5 Å². The predicted octanol–water partition coefficient (Wildman–Crippen LogP) is 4.75. The van der Waals surface area contributed by atoms with E-state index in [2.05, 4.69) is 24.1 Å². The van der Waals surface area contributed by atoms with Crippen molar-refractivity contribution in [3.8, 4) is 0 Å². The first kappa shape index (κ1) is 18.2. The zero-order valence-corrected chi connectivity index (χ0v) is 15.8. The molecule has 1 N–H and O–H groups in total. The molecule has 25 heavy (non-hydrogen) atoms. The molecular weight excluding hydrogens is 314 g/mol. The van der Waals surface area contributed by atoms with Crippen LogP contribution in [0, 0.1) is 23.0 Å². The molecule has 2 fully saturated rings. The minimum Gasteiger partial charge on any atom is -0.377 e. The largest absolute Gasteiger partial charge is 0.377 e. The van der Waals surface area contributed by atoms with Crippen molar-refractivity contribution in [2.45, 2.75) is 70.9 Å². The summed E-state index contributed by atoms with van der Waals surface area (Å²) in [6.07, 6.45) is 7.38. The van der Waals surface area contributed by atoms with E-state index in [1.54, 1.807) is 12.1 Å². The van der Waals surface area contributed by atoms with Crippen molar-refractivity contribution in [2.24, 2.45) is 5.92 Å². The summed E-state index contributed by atoms with van der Waals surface area (Å²) in [7, 11) is 0. The maximum absolute atomic E-state index is 11.3. The van der Waals surface area contributed by atoms with Gasteiger partial charge in [0, 0.05) is 30.7 Å². The van der Waals surface area contributed by atoms with E-state index in [1.807, 2.05) is 13.0 Å². The smallest absolute Gasteiger partial charge is 0.292 e. The van der Waals surface area contributed by atoms with Crippen molar-refractivity contribution in [1.82, 2.24) is 4.90 Å². The van der Waals surface area contributed by atoms with Crippen LogP contribution >= 0.6 is 0 Å². The van der Waals surface area contributed by atoms with Gasteiger partial charge in [-0.2, -0.15) is 0 Å². The first-order valence-electron chi connectivity index (χ1n) is 9.64. The van der Waals surface area contributed by atoms with Crippen molar-refractivity contribution in [2.75, 3.05) is 18.4 Å². The molecule has 1 aromatic carbocycles. The number of anilines is 1. The number of hydrogen-bond acceptors (Lipinski definition) is 4. The van der Waals surface area contributed by atoms with Crippen LogP contribution in [0.4, 0.5) is 11.4 Å². The van der Waals surface area contributed by atoms with Crippen LogP contribution in [0.5, 0.6) is 0 Å². The monoisotopic (exact) mass is 345 g/mol. The fraction of sp³-hybridized carbons (Fsp3) is 0.700. The van der Waals surface area contributed by atoms with Crippen LogP contribution in [0.15, 0.2) is 18.2 Å². The molecule has 2 aliphatic rings. The van der Waals surface area contributed by atoms with E-state index >= 15 is 0 Å². The van der Waals surface area contributed by atoms with Crippen LogP contribution in [0.3, 0.4) is 0 Å². The Morgan fingerprint density at radius 1 is 1.20 bits per heavy atom. The average molecular weight is 345 g/mol. The van der Waals surface area contributed by atoms with Crippen LogP contribution in [0.1, 0.15) is 57.9 Å². The Morgan fingerprint density at radius 2 is 1.84 bits per heavy atom. The maximum atomic E-state index is 11.3. The summed E-state index contributed by atoms with van der Waals surface area (Å²) in [5.41, 5.74) is 2.25. The normalized spacial score (nSPS) is 28.7. The number of benzene rings is 1. The number of rotatable bonds is 4. The van der Waals surface area contributed by atoms with Gasteiger partial charge in [0.25, 0.3) is 5.69 Å². The summed E-state index contributed by atoms with van der Waals surface area (Å²) in [6.45, 7) is 8.94. The Hall–Kier alpha value is -1.62. The Kier molecular flexibility index (Phi) is 5.32. The lowest BCUT2D eigenvalue weighted by Gasteiger charge is -2.48. The van der Waals surface area contributed by atoms with Crippen molar-refractivity contribution in [3.05, 3.63) is 33.9 Å². The van der Waals surface area contributed by atoms with Gasteiger partial charge in [0.2, 0.25) is 0 Å². The van der Waals surface area contributed by atoms with Gasteiger partial charge in [-0.1, -0.05) is 13.0 Å². The van der Waals surface area contributed by atoms with E-state index in [4.69, 9.17) is 0 Å². The molecule has 0 unspecified atom stereocenters. The van der Waals surface area contributed by atoms with Gasteiger partial charge in [-0.3, -0.25) is 15.0 Å². The number of nitrogens with one attached hydrogen (secondary N) is 1. The number of hydrogen-bond donors (Lipinski definition) is 1. The highest BCUT2D eigenvalue weighted by molar-refractivity contribution is 5.63. The number of likely N-dealkylation sites (tertiary alicyclic amines) is 1. The SMILES string of the molecule is Cc1ccc([N+](=O)[O-])c(NC2CCN([C@]3(C)CC[C@@H](C)CC3)CC2)c1. The molecule has 1 saturated carbocycles. The second kappa shape index (κ2) is 7.32. The summed E-state index contributed by atoms with van der Waals surface area (Å²) in [5, 5.41) is 14.7. The number of nitrogens with zero attached hydrogens (tertiary/aromatic N) is 2. The molecule has 0 radical (unpaired) electrons. The molecule has 5 nitrogen and oxygen atoms in total. The van der Waals surface area contributed by atoms with Gasteiger partial charge in [0.15, 0.2) is 0 Å². The van der Waals surface area contributed by atoms with Crippen LogP contribution in [0.25, 0.3) is 0 Å². The van der Waals surface area contributed by atoms with Crippen molar-refractivity contribution < 1.29 is 4.92 Å². The van der Waals surface area contributed by atoms with Gasteiger partial charge in [-0.15, -0.1) is 0 Å². The van der Waals surface area contributed by atoms with Crippen molar-refractivity contribution in [3.63, 3.8) is 0 Å². The highest BCUT2D eigenvalue weighted by Gasteiger charge is 2.37. The zero-order chi connectivity index (χ0) is 18.0. The molecule has 138 valence electrons. The number of nitro groups is 1. The van der Waals surface area contributed by atoms with E-state index in [9.17, 15) is 10.1 Å². The van der Waals surface area contributed by atoms with Gasteiger partial charge in [0.1, 0.15) is 5.69 Å².